The molecule has 32 heavy (non-hydrogen) atoms. The first-order chi connectivity index (χ1) is 14.3. The lowest BCUT2D eigenvalue weighted by Crippen LogP contribution is -2.31. The highest BCUT2D eigenvalue weighted by molar-refractivity contribution is 7.46. The van der Waals surface area contributed by atoms with Gasteiger partial charge in [0.25, 0.3) is 0 Å². The maximum Gasteiger partial charge on any atom is 0.472 e. The average Bonchev–Trinajstić information content (AvgIpc) is 2.58. The summed E-state index contributed by atoms with van der Waals surface area (Å²) in [5, 5.41) is 11.0. The first-order valence-corrected chi connectivity index (χ1v) is 11.9. The first kappa shape index (κ1) is 27.9. The first-order valence-electron chi connectivity index (χ1n) is 10.4. The molecule has 0 saturated carbocycles. The number of rotatable bonds is 10. The summed E-state index contributed by atoms with van der Waals surface area (Å²) in [6, 6.07) is 9.35. The zero-order chi connectivity index (χ0) is 23.4. The zero-order valence-electron chi connectivity index (χ0n) is 19.6. The van der Waals surface area contributed by atoms with Gasteiger partial charge in [-0.2, -0.15) is 0 Å². The molecule has 2 aromatic carbocycles. The Hall–Kier alpha value is -2.15. The number of ether oxygens (including phenoxy) is 1. The summed E-state index contributed by atoms with van der Waals surface area (Å²) >= 11 is 0. The minimum absolute atomic E-state index is 0. The van der Waals surface area contributed by atoms with Crippen molar-refractivity contribution in [3.8, 4) is 22.6 Å². The normalized spacial score (nSPS) is 11.7. The van der Waals surface area contributed by atoms with Gasteiger partial charge in [0.1, 0.15) is 11.5 Å². The van der Waals surface area contributed by atoms with Gasteiger partial charge in [-0.3, -0.25) is 0 Å². The molecule has 0 bridgehead atoms. The fourth-order valence-electron chi connectivity index (χ4n) is 3.54. The number of benzene rings is 2. The van der Waals surface area contributed by atoms with E-state index in [1.54, 1.807) is 12.1 Å². The van der Waals surface area contributed by atoms with Gasteiger partial charge in [-0.15, -0.1) is 0 Å². The number of phenols is 1. The van der Waals surface area contributed by atoms with Crippen LogP contribution in [0.4, 0.5) is 0 Å². The summed E-state index contributed by atoms with van der Waals surface area (Å²) in [5.74, 6) is -1.31. The monoisotopic (exact) mass is 465 g/mol. The molecule has 2 aromatic rings. The lowest BCUT2D eigenvalue weighted by molar-refractivity contribution is -0.0956. The second kappa shape index (κ2) is 11.1. The van der Waals surface area contributed by atoms with Crippen LogP contribution < -0.4 is 10.9 Å². The summed E-state index contributed by atoms with van der Waals surface area (Å²) in [4.78, 5) is 18.5. The van der Waals surface area contributed by atoms with Gasteiger partial charge in [0.15, 0.2) is 0 Å². The Bertz CT molecular complexity index is 996. The summed E-state index contributed by atoms with van der Waals surface area (Å²) in [6.45, 7) is 12.8. The molecule has 0 aliphatic carbocycles. The smallest absolute Gasteiger partial charge is 0.472 e. The lowest BCUT2D eigenvalue weighted by atomic mass is 9.91. The Morgan fingerprint density at radius 2 is 1.81 bits per heavy atom. The number of aromatic hydroxyl groups is 1. The second-order valence-corrected chi connectivity index (χ2v) is 9.52. The number of allylic oxidation sites excluding steroid dienone is 1. The predicted molar refractivity (Wildman–Crippen MR) is 129 cm³/mol. The van der Waals surface area contributed by atoms with Gasteiger partial charge in [0.2, 0.25) is 5.79 Å². The lowest BCUT2D eigenvalue weighted by Gasteiger charge is -2.28. The topological polar surface area (TPSA) is 131 Å². The highest BCUT2D eigenvalue weighted by Crippen LogP contribution is 2.46. The van der Waals surface area contributed by atoms with Crippen molar-refractivity contribution in [1.82, 2.24) is 6.15 Å². The van der Waals surface area contributed by atoms with Gasteiger partial charge in [0.05, 0.1) is 5.56 Å². The van der Waals surface area contributed by atoms with Crippen LogP contribution in [0.25, 0.3) is 16.7 Å². The number of phenolic OH excluding ortho intramolecular Hbond substituents is 1. The molecular weight excluding hydrogens is 429 g/mol. The van der Waals surface area contributed by atoms with Gasteiger partial charge in [-0.05, 0) is 55.5 Å². The quantitative estimate of drug-likeness (QED) is 0.178. The third-order valence-corrected chi connectivity index (χ3v) is 5.49. The third kappa shape index (κ3) is 7.76. The highest BCUT2D eigenvalue weighted by atomic mass is 31.2. The van der Waals surface area contributed by atoms with E-state index in [9.17, 15) is 19.5 Å². The van der Waals surface area contributed by atoms with Crippen molar-refractivity contribution in [2.75, 3.05) is 0 Å². The summed E-state index contributed by atoms with van der Waals surface area (Å²) < 4.78 is 22.2. The number of hydrogen-bond donors (Lipinski definition) is 4. The Morgan fingerprint density at radius 3 is 2.38 bits per heavy atom. The van der Waals surface area contributed by atoms with E-state index in [1.807, 2.05) is 32.0 Å². The second-order valence-electron chi connectivity index (χ2n) is 8.36. The van der Waals surface area contributed by atoms with Gasteiger partial charge < -0.3 is 25.8 Å². The molecule has 0 heterocycles. The Kier molecular flexibility index (Phi) is 9.69. The average molecular weight is 466 g/mol. The van der Waals surface area contributed by atoms with Crippen LogP contribution >= 0.6 is 7.82 Å². The van der Waals surface area contributed by atoms with Crippen molar-refractivity contribution >= 4 is 13.4 Å². The molecule has 8 heteroatoms. The van der Waals surface area contributed by atoms with Crippen molar-refractivity contribution in [3.05, 3.63) is 53.6 Å². The molecule has 0 fully saturated rings. The molecule has 0 radical (unpaired) electrons. The zero-order valence-corrected chi connectivity index (χ0v) is 20.5. The fraction of sp³-hybridized carbons (Fsp3) is 0.417. The van der Waals surface area contributed by atoms with E-state index in [0.717, 1.165) is 53.5 Å². The number of hydrogen-bond acceptors (Lipinski definition) is 5. The summed E-state index contributed by atoms with van der Waals surface area (Å²) in [6.07, 6.45) is 3.84. The van der Waals surface area contributed by atoms with E-state index in [-0.39, 0.29) is 17.6 Å². The molecule has 7 nitrogen and oxygen atoms in total. The molecule has 0 aromatic heterocycles. The standard InChI is InChI=1S/C24H33O6P.H3N/c1-7-8-9-10-18-14-21(25)23(20-13-17(4)11-12-19(20)16(2)3)22(15-18)29-24(5,6)30-31(26,27)28;/h11-15,25H,2,7-10H2,1,3-6H3,(H2,26,27,28);1H3. The van der Waals surface area contributed by atoms with E-state index in [2.05, 4.69) is 13.5 Å². The van der Waals surface area contributed by atoms with Crippen LogP contribution in [-0.2, 0) is 15.5 Å². The molecule has 2 rings (SSSR count). The van der Waals surface area contributed by atoms with E-state index >= 15 is 0 Å². The summed E-state index contributed by atoms with van der Waals surface area (Å²) in [5.41, 5.74) is 4.69. The van der Waals surface area contributed by atoms with Crippen molar-refractivity contribution < 1.29 is 28.7 Å². The maximum absolute atomic E-state index is 11.4. The van der Waals surface area contributed by atoms with E-state index < -0.39 is 13.6 Å². The fourth-order valence-corrected chi connectivity index (χ4v) is 4.15. The number of aryl methyl sites for hydroxylation is 2. The number of unbranched alkanes of at least 4 members (excludes halogenated alkanes) is 2. The minimum Gasteiger partial charge on any atom is -0.507 e. The van der Waals surface area contributed by atoms with Crippen molar-refractivity contribution in [1.29, 1.82) is 0 Å². The van der Waals surface area contributed by atoms with Gasteiger partial charge in [-0.1, -0.05) is 55.7 Å². The molecule has 0 unspecified atom stereocenters. The van der Waals surface area contributed by atoms with Crippen molar-refractivity contribution in [3.63, 3.8) is 0 Å². The summed E-state index contributed by atoms with van der Waals surface area (Å²) in [7, 11) is -4.79. The molecule has 0 saturated heterocycles. The maximum atomic E-state index is 11.4. The molecule has 0 aliphatic rings. The molecule has 0 atom stereocenters. The van der Waals surface area contributed by atoms with Gasteiger partial charge in [0, 0.05) is 13.8 Å². The molecule has 178 valence electrons. The van der Waals surface area contributed by atoms with Crippen LogP contribution in [0.1, 0.15) is 63.6 Å². The SMILES string of the molecule is C=C(C)c1ccc(C)cc1-c1c(O)cc(CCCCC)cc1OC(C)(C)OP(=O)(O)O.N. The minimum atomic E-state index is -4.79. The van der Waals surface area contributed by atoms with Gasteiger partial charge >= 0.3 is 7.82 Å². The number of phosphoric ester groups is 1. The van der Waals surface area contributed by atoms with Crippen molar-refractivity contribution in [2.45, 2.75) is 66.1 Å². The molecule has 0 aliphatic heterocycles. The van der Waals surface area contributed by atoms with Crippen LogP contribution in [-0.4, -0.2) is 20.7 Å². The number of phosphoric acid groups is 1. The van der Waals surface area contributed by atoms with Crippen LogP contribution in [0.15, 0.2) is 36.9 Å². The van der Waals surface area contributed by atoms with Crippen LogP contribution in [0, 0.1) is 6.92 Å². The Morgan fingerprint density at radius 1 is 1.16 bits per heavy atom. The van der Waals surface area contributed by atoms with E-state index in [0.29, 0.717) is 5.56 Å². The van der Waals surface area contributed by atoms with Crippen LogP contribution in [0.3, 0.4) is 0 Å². The highest BCUT2D eigenvalue weighted by Gasteiger charge is 2.32. The van der Waals surface area contributed by atoms with Crippen LogP contribution in [0.2, 0.25) is 0 Å². The third-order valence-electron chi connectivity index (χ3n) is 4.81. The molecule has 6 N–H and O–H groups in total. The predicted octanol–water partition coefficient (Wildman–Crippen LogP) is 6.52. The Balaban J connectivity index is 0.00000512. The Labute approximate surface area is 190 Å². The molecule has 0 spiro atoms. The molecular formula is C24H36NO6P. The van der Waals surface area contributed by atoms with Crippen molar-refractivity contribution in [2.24, 2.45) is 0 Å². The van der Waals surface area contributed by atoms with E-state index in [4.69, 9.17) is 9.26 Å². The van der Waals surface area contributed by atoms with Gasteiger partial charge in [-0.25, -0.2) is 9.09 Å². The van der Waals surface area contributed by atoms with E-state index in [1.165, 1.54) is 13.8 Å². The largest absolute Gasteiger partial charge is 0.507 e. The molecule has 0 amide bonds. The van der Waals surface area contributed by atoms with Crippen LogP contribution in [0.5, 0.6) is 11.5 Å².